The van der Waals surface area contributed by atoms with Crippen LogP contribution in [0.25, 0.3) is 0 Å². The van der Waals surface area contributed by atoms with E-state index in [0.717, 1.165) is 0 Å². The van der Waals surface area contributed by atoms with Gasteiger partial charge < -0.3 is 0 Å². The molecule has 0 bridgehead atoms. The summed E-state index contributed by atoms with van der Waals surface area (Å²) in [6, 6.07) is 17.5. The fourth-order valence-electron chi connectivity index (χ4n) is 2.00. The lowest BCUT2D eigenvalue weighted by atomic mass is 9.87. The van der Waals surface area contributed by atoms with Crippen LogP contribution in [-0.4, -0.2) is 0 Å². The first-order valence-corrected chi connectivity index (χ1v) is 9.84. The van der Waals surface area contributed by atoms with Crippen molar-refractivity contribution in [3.8, 4) is 0 Å². The SMILES string of the molecule is CC.CC.Cc1ccc(C(C)(C)C)cc1.Cc1ccc(C(C)C)cc1. The molecule has 142 valence electrons. The molecule has 0 saturated heterocycles. The van der Waals surface area contributed by atoms with Crippen LogP contribution < -0.4 is 0 Å². The molecule has 0 radical (unpaired) electrons. The summed E-state index contributed by atoms with van der Waals surface area (Å²) >= 11 is 0. The monoisotopic (exact) mass is 342 g/mol. The van der Waals surface area contributed by atoms with Gasteiger partial charge in [-0.05, 0) is 36.3 Å². The van der Waals surface area contributed by atoms with Gasteiger partial charge in [-0.1, -0.05) is 122 Å². The lowest BCUT2D eigenvalue weighted by Crippen LogP contribution is -2.10. The average Bonchev–Trinajstić information content (AvgIpc) is 2.59. The summed E-state index contributed by atoms with van der Waals surface area (Å²) in [7, 11) is 0. The van der Waals surface area contributed by atoms with Crippen molar-refractivity contribution in [2.75, 3.05) is 0 Å². The zero-order valence-electron chi connectivity index (χ0n) is 18.7. The van der Waals surface area contributed by atoms with Crippen LogP contribution in [0.5, 0.6) is 0 Å². The first-order chi connectivity index (χ1) is 11.7. The van der Waals surface area contributed by atoms with Crippen molar-refractivity contribution in [3.05, 3.63) is 70.8 Å². The molecular weight excluding hydrogens is 300 g/mol. The average molecular weight is 343 g/mol. The van der Waals surface area contributed by atoms with Gasteiger partial charge in [0.1, 0.15) is 0 Å². The molecule has 0 fully saturated rings. The molecule has 2 rings (SSSR count). The lowest BCUT2D eigenvalue weighted by molar-refractivity contribution is 0.590. The predicted octanol–water partition coefficient (Wildman–Crippen LogP) is 8.46. The number of hydrogen-bond donors (Lipinski definition) is 0. The summed E-state index contributed by atoms with van der Waals surface area (Å²) in [5.41, 5.74) is 5.78. The second kappa shape index (κ2) is 13.7. The zero-order valence-corrected chi connectivity index (χ0v) is 18.7. The van der Waals surface area contributed by atoms with Crippen molar-refractivity contribution in [2.24, 2.45) is 0 Å². The van der Waals surface area contributed by atoms with Gasteiger partial charge in [0, 0.05) is 0 Å². The standard InChI is InChI=1S/C11H16.C10H14.2C2H6/c1-9-5-7-10(8-6-9)11(2,3)4;1-8(2)10-6-4-9(3)5-7-10;2*1-2/h5-8H,1-4H3;4-8H,1-3H3;2*1-2H3. The van der Waals surface area contributed by atoms with Crippen molar-refractivity contribution in [1.29, 1.82) is 0 Å². The zero-order chi connectivity index (χ0) is 20.0. The number of aryl methyl sites for hydroxylation is 2. The Morgan fingerprint density at radius 2 is 0.920 bits per heavy atom. The minimum Gasteiger partial charge on any atom is -0.0683 e. The van der Waals surface area contributed by atoms with Gasteiger partial charge in [0.2, 0.25) is 0 Å². The van der Waals surface area contributed by atoms with Crippen molar-refractivity contribution in [1.82, 2.24) is 0 Å². The highest BCUT2D eigenvalue weighted by Crippen LogP contribution is 2.21. The first-order valence-electron chi connectivity index (χ1n) is 9.84. The van der Waals surface area contributed by atoms with Crippen molar-refractivity contribution >= 4 is 0 Å². The molecular formula is C25H42. The molecule has 0 aliphatic heterocycles. The fourth-order valence-corrected chi connectivity index (χ4v) is 2.00. The normalized spacial score (nSPS) is 9.76. The molecule has 0 atom stereocenters. The topological polar surface area (TPSA) is 0 Å². The van der Waals surface area contributed by atoms with E-state index in [1.54, 1.807) is 0 Å². The smallest absolute Gasteiger partial charge is 0.0132 e. The molecule has 0 unspecified atom stereocenters. The summed E-state index contributed by atoms with van der Waals surface area (Å²) < 4.78 is 0. The Labute approximate surface area is 158 Å². The largest absolute Gasteiger partial charge is 0.0683 e. The molecule has 2 aromatic rings. The third-order valence-corrected chi connectivity index (χ3v) is 3.66. The second-order valence-corrected chi connectivity index (χ2v) is 7.18. The van der Waals surface area contributed by atoms with Crippen molar-refractivity contribution < 1.29 is 0 Å². The van der Waals surface area contributed by atoms with E-state index in [-0.39, 0.29) is 5.41 Å². The van der Waals surface area contributed by atoms with Gasteiger partial charge in [0.25, 0.3) is 0 Å². The molecule has 0 heterocycles. The van der Waals surface area contributed by atoms with E-state index in [0.29, 0.717) is 5.92 Å². The van der Waals surface area contributed by atoms with E-state index in [9.17, 15) is 0 Å². The summed E-state index contributed by atoms with van der Waals surface area (Å²) in [4.78, 5) is 0. The summed E-state index contributed by atoms with van der Waals surface area (Å²) in [5, 5.41) is 0. The van der Waals surface area contributed by atoms with Gasteiger partial charge in [0.05, 0.1) is 0 Å². The Kier molecular flexibility index (Phi) is 14.1. The van der Waals surface area contributed by atoms with Gasteiger partial charge >= 0.3 is 0 Å². The Bertz CT molecular complexity index is 522. The third kappa shape index (κ3) is 11.6. The summed E-state index contributed by atoms with van der Waals surface area (Å²) in [6.07, 6.45) is 0. The quantitative estimate of drug-likeness (QED) is 0.487. The highest BCUT2D eigenvalue weighted by atomic mass is 14.2. The van der Waals surface area contributed by atoms with Crippen LogP contribution in [0, 0.1) is 13.8 Å². The van der Waals surface area contributed by atoms with E-state index < -0.39 is 0 Å². The lowest BCUT2D eigenvalue weighted by Gasteiger charge is -2.18. The van der Waals surface area contributed by atoms with Crippen LogP contribution in [0.15, 0.2) is 48.5 Å². The van der Waals surface area contributed by atoms with Crippen LogP contribution in [0.2, 0.25) is 0 Å². The number of benzene rings is 2. The highest BCUT2D eigenvalue weighted by Gasteiger charge is 2.11. The molecule has 25 heavy (non-hydrogen) atoms. The van der Waals surface area contributed by atoms with Crippen LogP contribution in [0.3, 0.4) is 0 Å². The Hall–Kier alpha value is -1.56. The minimum atomic E-state index is 0.285. The van der Waals surface area contributed by atoms with Crippen molar-refractivity contribution in [2.45, 2.75) is 87.5 Å². The molecule has 0 aliphatic rings. The van der Waals surface area contributed by atoms with E-state index >= 15 is 0 Å². The van der Waals surface area contributed by atoms with Gasteiger partial charge in [-0.25, -0.2) is 0 Å². The molecule has 0 spiro atoms. The number of rotatable bonds is 1. The Morgan fingerprint density at radius 3 is 1.20 bits per heavy atom. The van der Waals surface area contributed by atoms with Gasteiger partial charge in [-0.2, -0.15) is 0 Å². The van der Waals surface area contributed by atoms with Crippen LogP contribution in [0.4, 0.5) is 0 Å². The molecule has 0 saturated carbocycles. The van der Waals surface area contributed by atoms with Crippen LogP contribution in [-0.2, 0) is 5.41 Å². The minimum absolute atomic E-state index is 0.285. The van der Waals surface area contributed by atoms with Gasteiger partial charge in [0.15, 0.2) is 0 Å². The Balaban J connectivity index is 0. The van der Waals surface area contributed by atoms with E-state index in [1.807, 2.05) is 27.7 Å². The van der Waals surface area contributed by atoms with E-state index in [1.165, 1.54) is 22.3 Å². The highest BCUT2D eigenvalue weighted by molar-refractivity contribution is 5.26. The predicted molar refractivity (Wildman–Crippen MR) is 118 cm³/mol. The van der Waals surface area contributed by atoms with Crippen molar-refractivity contribution in [3.63, 3.8) is 0 Å². The molecule has 2 aromatic carbocycles. The molecule has 0 amide bonds. The molecule has 0 nitrogen and oxygen atoms in total. The van der Waals surface area contributed by atoms with E-state index in [2.05, 4.69) is 97.0 Å². The van der Waals surface area contributed by atoms with Gasteiger partial charge in [-0.3, -0.25) is 0 Å². The number of hydrogen-bond acceptors (Lipinski definition) is 0. The maximum atomic E-state index is 2.23. The summed E-state index contributed by atoms with van der Waals surface area (Å²) in [5.74, 6) is 0.653. The second-order valence-electron chi connectivity index (χ2n) is 7.18. The maximum Gasteiger partial charge on any atom is -0.0132 e. The first kappa shape index (κ1) is 25.7. The fraction of sp³-hybridized carbons (Fsp3) is 0.520. The van der Waals surface area contributed by atoms with Crippen LogP contribution >= 0.6 is 0 Å². The Morgan fingerprint density at radius 1 is 0.600 bits per heavy atom. The molecule has 0 heteroatoms. The molecule has 0 aromatic heterocycles. The molecule has 0 N–H and O–H groups in total. The van der Waals surface area contributed by atoms with Gasteiger partial charge in [-0.15, -0.1) is 0 Å². The van der Waals surface area contributed by atoms with E-state index in [4.69, 9.17) is 0 Å². The van der Waals surface area contributed by atoms with Crippen LogP contribution in [0.1, 0.15) is 90.5 Å². The third-order valence-electron chi connectivity index (χ3n) is 3.66. The molecule has 0 aliphatic carbocycles. The maximum absolute atomic E-state index is 2.23. The summed E-state index contributed by atoms with van der Waals surface area (Å²) in [6.45, 7) is 23.4.